The minimum atomic E-state index is -0.943. The van der Waals surface area contributed by atoms with Crippen LogP contribution >= 0.6 is 0 Å². The van der Waals surface area contributed by atoms with Crippen LogP contribution in [0.4, 0.5) is 0 Å². The molecule has 2 aromatic carbocycles. The van der Waals surface area contributed by atoms with Crippen LogP contribution in [-0.4, -0.2) is 34.5 Å². The minimum absolute atomic E-state index is 0.103. The highest BCUT2D eigenvalue weighted by atomic mass is 16.4. The van der Waals surface area contributed by atoms with Crippen LogP contribution in [0.3, 0.4) is 0 Å². The van der Waals surface area contributed by atoms with Crippen LogP contribution < -0.4 is 0 Å². The fourth-order valence-corrected chi connectivity index (χ4v) is 3.68. The Morgan fingerprint density at radius 2 is 1.76 bits per heavy atom. The zero-order chi connectivity index (χ0) is 17.8. The fraction of sp³-hybridized carbons (Fsp3) is 0.333. The van der Waals surface area contributed by atoms with E-state index in [-0.39, 0.29) is 17.5 Å². The second-order valence-electron chi connectivity index (χ2n) is 6.70. The van der Waals surface area contributed by atoms with Gasteiger partial charge in [0.15, 0.2) is 0 Å². The Morgan fingerprint density at radius 3 is 2.48 bits per heavy atom. The van der Waals surface area contributed by atoms with Gasteiger partial charge in [0.2, 0.25) is 5.91 Å². The van der Waals surface area contributed by atoms with E-state index in [9.17, 15) is 14.7 Å². The number of carboxylic acid groups (broad SMARTS) is 1. The Hall–Kier alpha value is -2.62. The summed E-state index contributed by atoms with van der Waals surface area (Å²) in [5.41, 5.74) is 2.28. The Bertz CT molecular complexity index is 757. The third-order valence-corrected chi connectivity index (χ3v) is 5.02. The van der Waals surface area contributed by atoms with Crippen molar-refractivity contribution in [2.24, 2.45) is 0 Å². The highest BCUT2D eigenvalue weighted by Crippen LogP contribution is 2.32. The largest absolute Gasteiger partial charge is 0.478 e. The first kappa shape index (κ1) is 17.2. The summed E-state index contributed by atoms with van der Waals surface area (Å²) in [6.07, 6.45) is 1.78. The molecule has 2 aromatic rings. The normalized spacial score (nSPS) is 19.8. The van der Waals surface area contributed by atoms with Crippen molar-refractivity contribution in [1.82, 2.24) is 4.90 Å². The molecule has 4 heteroatoms. The predicted octanol–water partition coefficient (Wildman–Crippen LogP) is 3.72. The first-order chi connectivity index (χ1) is 12.1. The van der Waals surface area contributed by atoms with E-state index in [2.05, 4.69) is 19.1 Å². The highest BCUT2D eigenvalue weighted by Gasteiger charge is 2.32. The minimum Gasteiger partial charge on any atom is -0.478 e. The molecular weight excluding hydrogens is 314 g/mol. The molecule has 4 nitrogen and oxygen atoms in total. The highest BCUT2D eigenvalue weighted by molar-refractivity contribution is 5.89. The maximum absolute atomic E-state index is 12.7. The maximum atomic E-state index is 12.7. The molecule has 1 N–H and O–H groups in total. The van der Waals surface area contributed by atoms with E-state index in [1.165, 1.54) is 5.56 Å². The number of aromatic carboxylic acids is 1. The lowest BCUT2D eigenvalue weighted by molar-refractivity contribution is -0.131. The average molecular weight is 337 g/mol. The van der Waals surface area contributed by atoms with Gasteiger partial charge in [0.1, 0.15) is 0 Å². The lowest BCUT2D eigenvalue weighted by Gasteiger charge is -2.21. The smallest absolute Gasteiger partial charge is 0.335 e. The standard InChI is InChI=1S/C21H23NO3/c1-15-13-18(16-7-3-2-4-8-16)14-22(15)20(23)12-11-17-9-5-6-10-19(17)21(24)25/h2-10,15,18H,11-14H2,1H3,(H,24,25). The molecule has 0 aliphatic carbocycles. The summed E-state index contributed by atoms with van der Waals surface area (Å²) >= 11 is 0. The third-order valence-electron chi connectivity index (χ3n) is 5.02. The Balaban J connectivity index is 1.63. The number of likely N-dealkylation sites (tertiary alicyclic amines) is 1. The molecule has 0 spiro atoms. The third kappa shape index (κ3) is 3.90. The van der Waals surface area contributed by atoms with Gasteiger partial charge in [-0.1, -0.05) is 48.5 Å². The van der Waals surface area contributed by atoms with Crippen LogP contribution in [0.2, 0.25) is 0 Å². The number of benzene rings is 2. The molecule has 1 fully saturated rings. The van der Waals surface area contributed by atoms with Crippen molar-refractivity contribution in [3.8, 4) is 0 Å². The van der Waals surface area contributed by atoms with Gasteiger partial charge in [-0.2, -0.15) is 0 Å². The molecule has 1 amide bonds. The summed E-state index contributed by atoms with van der Waals surface area (Å²) in [7, 11) is 0. The van der Waals surface area contributed by atoms with E-state index >= 15 is 0 Å². The number of hydrogen-bond donors (Lipinski definition) is 1. The molecule has 1 saturated heterocycles. The molecule has 0 aromatic heterocycles. The zero-order valence-electron chi connectivity index (χ0n) is 14.4. The van der Waals surface area contributed by atoms with Crippen LogP contribution in [0.1, 0.15) is 47.2 Å². The van der Waals surface area contributed by atoms with Crippen molar-refractivity contribution >= 4 is 11.9 Å². The van der Waals surface area contributed by atoms with Crippen molar-refractivity contribution in [3.05, 3.63) is 71.3 Å². The number of carbonyl (C=O) groups excluding carboxylic acids is 1. The molecule has 25 heavy (non-hydrogen) atoms. The summed E-state index contributed by atoms with van der Waals surface area (Å²) < 4.78 is 0. The van der Waals surface area contributed by atoms with Crippen molar-refractivity contribution < 1.29 is 14.7 Å². The molecule has 0 saturated carbocycles. The second kappa shape index (κ2) is 7.51. The van der Waals surface area contributed by atoms with E-state index in [4.69, 9.17) is 0 Å². The summed E-state index contributed by atoms with van der Waals surface area (Å²) in [5, 5.41) is 9.25. The van der Waals surface area contributed by atoms with E-state index in [0.29, 0.717) is 18.8 Å². The number of nitrogens with zero attached hydrogens (tertiary/aromatic N) is 1. The maximum Gasteiger partial charge on any atom is 0.335 e. The predicted molar refractivity (Wildman–Crippen MR) is 96.7 cm³/mol. The number of aryl methyl sites for hydroxylation is 1. The van der Waals surface area contributed by atoms with E-state index in [0.717, 1.165) is 18.5 Å². The van der Waals surface area contributed by atoms with Gasteiger partial charge in [-0.25, -0.2) is 4.79 Å². The average Bonchev–Trinajstić information content (AvgIpc) is 3.02. The molecule has 1 heterocycles. The Kier molecular flexibility index (Phi) is 5.17. The van der Waals surface area contributed by atoms with Gasteiger partial charge in [0.25, 0.3) is 0 Å². The van der Waals surface area contributed by atoms with Gasteiger partial charge in [-0.3, -0.25) is 4.79 Å². The summed E-state index contributed by atoms with van der Waals surface area (Å²) in [5.74, 6) is -0.459. The lowest BCUT2D eigenvalue weighted by Crippen LogP contribution is -2.34. The number of carboxylic acids is 1. The quantitative estimate of drug-likeness (QED) is 0.904. The van der Waals surface area contributed by atoms with Crippen molar-refractivity contribution in [2.75, 3.05) is 6.54 Å². The molecule has 1 aliphatic heterocycles. The summed E-state index contributed by atoms with van der Waals surface area (Å²) in [6, 6.07) is 17.4. The zero-order valence-corrected chi connectivity index (χ0v) is 14.4. The number of hydrogen-bond acceptors (Lipinski definition) is 2. The van der Waals surface area contributed by atoms with Gasteiger partial charge in [-0.15, -0.1) is 0 Å². The van der Waals surface area contributed by atoms with Crippen molar-refractivity contribution in [1.29, 1.82) is 0 Å². The second-order valence-corrected chi connectivity index (χ2v) is 6.70. The van der Waals surface area contributed by atoms with Crippen LogP contribution in [0, 0.1) is 0 Å². The Morgan fingerprint density at radius 1 is 1.08 bits per heavy atom. The molecule has 0 radical (unpaired) electrons. The van der Waals surface area contributed by atoms with Gasteiger partial charge in [-0.05, 0) is 37.0 Å². The van der Waals surface area contributed by atoms with E-state index < -0.39 is 5.97 Å². The SMILES string of the molecule is CC1CC(c2ccccc2)CN1C(=O)CCc1ccccc1C(=O)O. The number of carbonyl (C=O) groups is 2. The molecule has 1 aliphatic rings. The molecule has 130 valence electrons. The molecule has 2 atom stereocenters. The number of rotatable bonds is 5. The van der Waals surface area contributed by atoms with Crippen molar-refractivity contribution in [2.45, 2.75) is 38.1 Å². The van der Waals surface area contributed by atoms with Crippen molar-refractivity contribution in [3.63, 3.8) is 0 Å². The van der Waals surface area contributed by atoms with Crippen LogP contribution in [0.25, 0.3) is 0 Å². The summed E-state index contributed by atoms with van der Waals surface area (Å²) in [4.78, 5) is 25.9. The number of amides is 1. The molecule has 2 unspecified atom stereocenters. The fourth-order valence-electron chi connectivity index (χ4n) is 3.68. The topological polar surface area (TPSA) is 57.6 Å². The van der Waals surface area contributed by atoms with E-state index in [1.807, 2.05) is 29.2 Å². The molecule has 0 bridgehead atoms. The monoisotopic (exact) mass is 337 g/mol. The van der Waals surface area contributed by atoms with Crippen LogP contribution in [-0.2, 0) is 11.2 Å². The first-order valence-corrected chi connectivity index (χ1v) is 8.72. The Labute approximate surface area is 148 Å². The van der Waals surface area contributed by atoms with Crippen LogP contribution in [0.15, 0.2) is 54.6 Å². The van der Waals surface area contributed by atoms with Gasteiger partial charge in [0.05, 0.1) is 5.56 Å². The first-order valence-electron chi connectivity index (χ1n) is 8.72. The van der Waals surface area contributed by atoms with Gasteiger partial charge in [0, 0.05) is 24.9 Å². The van der Waals surface area contributed by atoms with Crippen LogP contribution in [0.5, 0.6) is 0 Å². The molecule has 3 rings (SSSR count). The molecular formula is C21H23NO3. The summed E-state index contributed by atoms with van der Waals surface area (Å²) in [6.45, 7) is 2.83. The van der Waals surface area contributed by atoms with Gasteiger partial charge >= 0.3 is 5.97 Å². The lowest BCUT2D eigenvalue weighted by atomic mass is 9.97. The van der Waals surface area contributed by atoms with Gasteiger partial charge < -0.3 is 10.0 Å². The van der Waals surface area contributed by atoms with E-state index in [1.54, 1.807) is 18.2 Å².